The zero-order chi connectivity index (χ0) is 19.4. The molecule has 0 bridgehead atoms. The maximum absolute atomic E-state index is 12.6. The molecule has 1 saturated carbocycles. The van der Waals surface area contributed by atoms with Crippen molar-refractivity contribution >= 4 is 23.4 Å². The van der Waals surface area contributed by atoms with Crippen molar-refractivity contribution in [1.82, 2.24) is 15.3 Å². The monoisotopic (exact) mass is 379 g/mol. The molecule has 2 N–H and O–H groups in total. The third-order valence-corrected chi connectivity index (χ3v) is 5.69. The van der Waals surface area contributed by atoms with Crippen LogP contribution in [0.2, 0.25) is 0 Å². The van der Waals surface area contributed by atoms with E-state index in [9.17, 15) is 9.59 Å². The molecule has 4 rings (SSSR count). The summed E-state index contributed by atoms with van der Waals surface area (Å²) in [4.78, 5) is 35.0. The van der Waals surface area contributed by atoms with Gasteiger partial charge < -0.3 is 10.2 Å². The highest BCUT2D eigenvalue weighted by molar-refractivity contribution is 5.97. The third-order valence-electron chi connectivity index (χ3n) is 5.69. The molecule has 7 nitrogen and oxygen atoms in total. The van der Waals surface area contributed by atoms with Gasteiger partial charge in [0.05, 0.1) is 12.2 Å². The number of nitrogens with one attached hydrogen (secondary N) is 2. The molecule has 2 aliphatic rings. The molecule has 1 spiro atoms. The number of hydrogen-bond donors (Lipinski definition) is 2. The number of pyridine rings is 2. The van der Waals surface area contributed by atoms with Gasteiger partial charge in [-0.2, -0.15) is 0 Å². The van der Waals surface area contributed by atoms with Crippen molar-refractivity contribution in [3.63, 3.8) is 0 Å². The molecule has 2 aromatic heterocycles. The molecule has 2 fully saturated rings. The average molecular weight is 379 g/mol. The van der Waals surface area contributed by atoms with Gasteiger partial charge in [0.2, 0.25) is 5.91 Å². The van der Waals surface area contributed by atoms with Gasteiger partial charge in [0, 0.05) is 37.1 Å². The maximum Gasteiger partial charge on any atom is 0.320 e. The highest BCUT2D eigenvalue weighted by atomic mass is 16.2. The molecular weight excluding hydrogens is 354 g/mol. The summed E-state index contributed by atoms with van der Waals surface area (Å²) in [5.74, 6) is 0.590. The Morgan fingerprint density at radius 2 is 1.96 bits per heavy atom. The number of urea groups is 1. The second-order valence-electron chi connectivity index (χ2n) is 7.75. The maximum atomic E-state index is 12.6. The highest BCUT2D eigenvalue weighted by Gasteiger charge is 2.44. The fourth-order valence-electron chi connectivity index (χ4n) is 4.26. The molecule has 1 aliphatic carbocycles. The Morgan fingerprint density at radius 3 is 2.75 bits per heavy atom. The van der Waals surface area contributed by atoms with Crippen LogP contribution in [0.4, 0.5) is 16.3 Å². The van der Waals surface area contributed by atoms with Crippen LogP contribution in [0.15, 0.2) is 42.7 Å². The number of carbonyl (C=O) groups excluding carboxylic acids is 2. The molecule has 7 heteroatoms. The average Bonchev–Trinajstić information content (AvgIpc) is 3.03. The van der Waals surface area contributed by atoms with Crippen LogP contribution >= 0.6 is 0 Å². The predicted octanol–water partition coefficient (Wildman–Crippen LogP) is 3.49. The van der Waals surface area contributed by atoms with Crippen molar-refractivity contribution in [3.05, 3.63) is 48.4 Å². The summed E-state index contributed by atoms with van der Waals surface area (Å²) in [7, 11) is 0. The summed E-state index contributed by atoms with van der Waals surface area (Å²) in [6.45, 7) is 1.10. The highest BCUT2D eigenvalue weighted by Crippen LogP contribution is 2.45. The minimum absolute atomic E-state index is 0.131. The third kappa shape index (κ3) is 4.13. The van der Waals surface area contributed by atoms with E-state index in [4.69, 9.17) is 0 Å². The lowest BCUT2D eigenvalue weighted by molar-refractivity contribution is -0.118. The first-order valence-corrected chi connectivity index (χ1v) is 9.85. The van der Waals surface area contributed by atoms with E-state index in [2.05, 4.69) is 20.6 Å². The van der Waals surface area contributed by atoms with Crippen molar-refractivity contribution in [2.24, 2.45) is 5.41 Å². The van der Waals surface area contributed by atoms with Gasteiger partial charge in [0.15, 0.2) is 0 Å². The largest absolute Gasteiger partial charge is 0.332 e. The Morgan fingerprint density at radius 1 is 1.11 bits per heavy atom. The molecule has 0 atom stereocenters. The van der Waals surface area contributed by atoms with E-state index in [1.807, 2.05) is 29.2 Å². The Hall–Kier alpha value is -2.96. The Bertz CT molecular complexity index is 849. The summed E-state index contributed by atoms with van der Waals surface area (Å²) < 4.78 is 0. The normalized spacial score (nSPS) is 18.3. The van der Waals surface area contributed by atoms with Gasteiger partial charge in [0.1, 0.15) is 5.82 Å². The SMILES string of the molecule is O=C(NCc1ccccn1)Nc1cc(N2CC3(CCCCC3)CC2=O)ccn1. The second kappa shape index (κ2) is 7.96. The first-order chi connectivity index (χ1) is 13.6. The number of carbonyl (C=O) groups is 2. The zero-order valence-electron chi connectivity index (χ0n) is 15.9. The smallest absolute Gasteiger partial charge is 0.320 e. The van der Waals surface area contributed by atoms with Crippen LogP contribution in [0.5, 0.6) is 0 Å². The minimum Gasteiger partial charge on any atom is -0.332 e. The van der Waals surface area contributed by atoms with E-state index in [-0.39, 0.29) is 17.4 Å². The molecule has 3 amide bonds. The summed E-state index contributed by atoms with van der Waals surface area (Å²) in [6, 6.07) is 8.79. The Kier molecular flexibility index (Phi) is 5.23. The van der Waals surface area contributed by atoms with E-state index in [0.717, 1.165) is 30.8 Å². The van der Waals surface area contributed by atoms with Crippen LogP contribution in [0.3, 0.4) is 0 Å². The number of anilines is 2. The number of amides is 3. The van der Waals surface area contributed by atoms with Gasteiger partial charge >= 0.3 is 6.03 Å². The summed E-state index contributed by atoms with van der Waals surface area (Å²) >= 11 is 0. The summed E-state index contributed by atoms with van der Waals surface area (Å²) in [6.07, 6.45) is 9.88. The zero-order valence-corrected chi connectivity index (χ0v) is 15.9. The Labute approximate surface area is 164 Å². The fraction of sp³-hybridized carbons (Fsp3) is 0.429. The van der Waals surface area contributed by atoms with Crippen molar-refractivity contribution in [2.45, 2.75) is 45.1 Å². The standard InChI is InChI=1S/C21H25N5O2/c27-19-13-21(8-3-1-4-9-21)15-26(19)17-7-11-23-18(12-17)25-20(28)24-14-16-6-2-5-10-22-16/h2,5-7,10-12H,1,3-4,8-9,13-15H2,(H2,23,24,25,28). The van der Waals surface area contributed by atoms with Crippen LogP contribution in [0.25, 0.3) is 0 Å². The first kappa shape index (κ1) is 18.4. The minimum atomic E-state index is -0.355. The fourth-order valence-corrected chi connectivity index (χ4v) is 4.26. The molecule has 28 heavy (non-hydrogen) atoms. The van der Waals surface area contributed by atoms with Gasteiger partial charge in [-0.15, -0.1) is 0 Å². The predicted molar refractivity (Wildman–Crippen MR) is 107 cm³/mol. The van der Waals surface area contributed by atoms with Crippen molar-refractivity contribution in [3.8, 4) is 0 Å². The molecular formula is C21H25N5O2. The van der Waals surface area contributed by atoms with Crippen molar-refractivity contribution in [1.29, 1.82) is 0 Å². The molecule has 3 heterocycles. The van der Waals surface area contributed by atoms with Crippen LogP contribution in [-0.4, -0.2) is 28.5 Å². The second-order valence-corrected chi connectivity index (χ2v) is 7.75. The van der Waals surface area contributed by atoms with Crippen LogP contribution in [0.1, 0.15) is 44.2 Å². The van der Waals surface area contributed by atoms with Gasteiger partial charge in [-0.05, 0) is 36.5 Å². The van der Waals surface area contributed by atoms with E-state index < -0.39 is 0 Å². The summed E-state index contributed by atoms with van der Waals surface area (Å²) in [5.41, 5.74) is 1.70. The molecule has 146 valence electrons. The van der Waals surface area contributed by atoms with Gasteiger partial charge in [-0.3, -0.25) is 15.1 Å². The lowest BCUT2D eigenvalue weighted by atomic mass is 9.73. The molecule has 0 radical (unpaired) electrons. The number of hydrogen-bond acceptors (Lipinski definition) is 4. The van der Waals surface area contributed by atoms with E-state index >= 15 is 0 Å². The van der Waals surface area contributed by atoms with Gasteiger partial charge in [-0.25, -0.2) is 9.78 Å². The van der Waals surface area contributed by atoms with Crippen LogP contribution in [-0.2, 0) is 11.3 Å². The van der Waals surface area contributed by atoms with Crippen molar-refractivity contribution in [2.75, 3.05) is 16.8 Å². The van der Waals surface area contributed by atoms with Gasteiger partial charge in [-0.1, -0.05) is 25.3 Å². The van der Waals surface area contributed by atoms with E-state index in [1.165, 1.54) is 19.3 Å². The molecule has 0 unspecified atom stereocenters. The Balaban J connectivity index is 1.39. The number of nitrogens with zero attached hydrogens (tertiary/aromatic N) is 3. The molecule has 2 aromatic rings. The number of rotatable bonds is 4. The van der Waals surface area contributed by atoms with Crippen molar-refractivity contribution < 1.29 is 9.59 Å². The van der Waals surface area contributed by atoms with Crippen LogP contribution in [0, 0.1) is 5.41 Å². The number of aromatic nitrogens is 2. The summed E-state index contributed by atoms with van der Waals surface area (Å²) in [5, 5.41) is 5.49. The first-order valence-electron chi connectivity index (χ1n) is 9.85. The quantitative estimate of drug-likeness (QED) is 0.851. The van der Waals surface area contributed by atoms with Crippen LogP contribution < -0.4 is 15.5 Å². The lowest BCUT2D eigenvalue weighted by Crippen LogP contribution is -2.30. The van der Waals surface area contributed by atoms with E-state index in [0.29, 0.717) is 18.8 Å². The molecule has 1 aliphatic heterocycles. The molecule has 0 aromatic carbocycles. The lowest BCUT2D eigenvalue weighted by Gasteiger charge is -2.32. The van der Waals surface area contributed by atoms with Gasteiger partial charge in [0.25, 0.3) is 0 Å². The topological polar surface area (TPSA) is 87.2 Å². The molecule has 1 saturated heterocycles. The van der Waals surface area contributed by atoms with E-state index in [1.54, 1.807) is 18.5 Å².